The van der Waals surface area contributed by atoms with Crippen LogP contribution in [-0.4, -0.2) is 32.1 Å². The maximum absolute atomic E-state index is 12.0. The van der Waals surface area contributed by atoms with E-state index >= 15 is 0 Å². The van der Waals surface area contributed by atoms with Crippen molar-refractivity contribution in [2.45, 2.75) is 6.42 Å². The van der Waals surface area contributed by atoms with E-state index in [1.54, 1.807) is 29.2 Å². The second-order valence-electron chi connectivity index (χ2n) is 4.53. The van der Waals surface area contributed by atoms with Crippen molar-refractivity contribution in [3.8, 4) is 0 Å². The van der Waals surface area contributed by atoms with Gasteiger partial charge in [0.05, 0.1) is 12.7 Å². The van der Waals surface area contributed by atoms with E-state index in [4.69, 9.17) is 5.53 Å². The Labute approximate surface area is 115 Å². The molecule has 7 heteroatoms. The number of amides is 1. The number of methoxy groups -OCH3 is 1. The first kappa shape index (κ1) is 13.9. The minimum atomic E-state index is -0.441. The fourth-order valence-corrected chi connectivity index (χ4v) is 2.22. The van der Waals surface area contributed by atoms with E-state index in [1.165, 1.54) is 7.11 Å². The Morgan fingerprint density at radius 1 is 1.60 bits per heavy atom. The zero-order valence-electron chi connectivity index (χ0n) is 11.0. The van der Waals surface area contributed by atoms with E-state index < -0.39 is 5.97 Å². The summed E-state index contributed by atoms with van der Waals surface area (Å²) in [7, 11) is 1.31. The zero-order chi connectivity index (χ0) is 14.5. The third-order valence-corrected chi connectivity index (χ3v) is 3.19. The molecule has 0 spiro atoms. The second-order valence-corrected chi connectivity index (χ2v) is 4.53. The molecule has 1 saturated heterocycles. The Balaban J connectivity index is 2.17. The van der Waals surface area contributed by atoms with Gasteiger partial charge in [-0.15, -0.1) is 0 Å². The lowest BCUT2D eigenvalue weighted by Gasteiger charge is -2.17. The highest BCUT2D eigenvalue weighted by Gasteiger charge is 2.30. The van der Waals surface area contributed by atoms with Crippen molar-refractivity contribution < 1.29 is 14.3 Å². The molecule has 1 aromatic carbocycles. The molecule has 1 aliphatic heterocycles. The van der Waals surface area contributed by atoms with Crippen LogP contribution in [0.3, 0.4) is 0 Å². The molecule has 104 valence electrons. The molecule has 1 aliphatic rings. The lowest BCUT2D eigenvalue weighted by Crippen LogP contribution is -2.25. The predicted octanol–water partition coefficient (Wildman–Crippen LogP) is 2.14. The normalized spacial score (nSPS) is 17.8. The number of carbonyl (C=O) groups excluding carboxylic acids is 2. The number of rotatable bonds is 4. The van der Waals surface area contributed by atoms with E-state index in [2.05, 4.69) is 14.8 Å². The highest BCUT2D eigenvalue weighted by molar-refractivity contribution is 5.97. The van der Waals surface area contributed by atoms with Crippen molar-refractivity contribution in [3.05, 3.63) is 40.3 Å². The van der Waals surface area contributed by atoms with Crippen molar-refractivity contribution >= 4 is 17.6 Å². The second kappa shape index (κ2) is 6.08. The van der Waals surface area contributed by atoms with Gasteiger partial charge in [-0.2, -0.15) is 0 Å². The predicted molar refractivity (Wildman–Crippen MR) is 72.3 cm³/mol. The topological polar surface area (TPSA) is 95.4 Å². The van der Waals surface area contributed by atoms with Crippen LogP contribution < -0.4 is 4.90 Å². The molecule has 1 heterocycles. The first-order chi connectivity index (χ1) is 9.65. The lowest BCUT2D eigenvalue weighted by molar-refractivity contribution is -0.117. The Hall–Kier alpha value is -2.53. The maximum Gasteiger partial charge on any atom is 0.337 e. The zero-order valence-corrected chi connectivity index (χ0v) is 11.0. The van der Waals surface area contributed by atoms with Gasteiger partial charge in [0, 0.05) is 30.1 Å². The molecule has 2 rings (SSSR count). The number of nitrogens with zero attached hydrogens (tertiary/aromatic N) is 4. The lowest BCUT2D eigenvalue weighted by atomic mass is 10.1. The smallest absolute Gasteiger partial charge is 0.337 e. The van der Waals surface area contributed by atoms with Gasteiger partial charge >= 0.3 is 5.97 Å². The largest absolute Gasteiger partial charge is 0.465 e. The summed E-state index contributed by atoms with van der Waals surface area (Å²) in [5.41, 5.74) is 9.36. The third kappa shape index (κ3) is 2.89. The van der Waals surface area contributed by atoms with E-state index in [0.29, 0.717) is 30.8 Å². The average molecular weight is 274 g/mol. The summed E-state index contributed by atoms with van der Waals surface area (Å²) < 4.78 is 4.66. The van der Waals surface area contributed by atoms with Crippen molar-refractivity contribution in [2.24, 2.45) is 11.0 Å². The molecule has 0 radical (unpaired) electrons. The minimum absolute atomic E-state index is 0.0141. The first-order valence-electron chi connectivity index (χ1n) is 6.15. The standard InChI is InChI=1S/C13H14N4O3/c1-20-13(19)10-3-2-4-11(6-10)17-8-9(5-12(17)18)7-15-16-14/h2-4,6,9H,5,7-8H2,1H3. The van der Waals surface area contributed by atoms with Crippen molar-refractivity contribution in [1.82, 2.24) is 0 Å². The van der Waals surface area contributed by atoms with Crippen molar-refractivity contribution in [2.75, 3.05) is 25.1 Å². The van der Waals surface area contributed by atoms with Gasteiger partial charge in [-0.25, -0.2) is 4.79 Å². The number of hydrogen-bond donors (Lipinski definition) is 0. The number of esters is 1. The average Bonchev–Trinajstić information content (AvgIpc) is 2.85. The maximum atomic E-state index is 12.0. The molecule has 1 atom stereocenters. The van der Waals surface area contributed by atoms with E-state index in [1.807, 2.05) is 0 Å². The number of anilines is 1. The Morgan fingerprint density at radius 2 is 2.40 bits per heavy atom. The van der Waals surface area contributed by atoms with Gasteiger partial charge < -0.3 is 9.64 Å². The van der Waals surface area contributed by atoms with Gasteiger partial charge in [0.15, 0.2) is 0 Å². The summed E-state index contributed by atoms with van der Waals surface area (Å²) >= 11 is 0. The van der Waals surface area contributed by atoms with Gasteiger partial charge in [-0.1, -0.05) is 11.2 Å². The van der Waals surface area contributed by atoms with Gasteiger partial charge in [0.2, 0.25) is 5.91 Å². The van der Waals surface area contributed by atoms with Crippen molar-refractivity contribution in [3.63, 3.8) is 0 Å². The molecule has 20 heavy (non-hydrogen) atoms. The number of carbonyl (C=O) groups is 2. The molecule has 0 N–H and O–H groups in total. The van der Waals surface area contributed by atoms with Crippen LogP contribution in [0.25, 0.3) is 10.4 Å². The Kier molecular flexibility index (Phi) is 4.22. The fraction of sp³-hybridized carbons (Fsp3) is 0.385. The van der Waals surface area contributed by atoms with Gasteiger partial charge in [-0.3, -0.25) is 4.79 Å². The summed E-state index contributed by atoms with van der Waals surface area (Å²) in [4.78, 5) is 27.8. The van der Waals surface area contributed by atoms with Crippen LogP contribution in [0.4, 0.5) is 5.69 Å². The summed E-state index contributed by atoms with van der Waals surface area (Å²) in [6.45, 7) is 0.790. The van der Waals surface area contributed by atoms with Gasteiger partial charge in [0.1, 0.15) is 0 Å². The third-order valence-electron chi connectivity index (χ3n) is 3.19. The van der Waals surface area contributed by atoms with Crippen LogP contribution in [0.2, 0.25) is 0 Å². The highest BCUT2D eigenvalue weighted by Crippen LogP contribution is 2.26. The molecule has 1 aromatic rings. The highest BCUT2D eigenvalue weighted by atomic mass is 16.5. The molecule has 0 bridgehead atoms. The fourth-order valence-electron chi connectivity index (χ4n) is 2.22. The van der Waals surface area contributed by atoms with Crippen LogP contribution in [0.5, 0.6) is 0 Å². The van der Waals surface area contributed by atoms with Crippen LogP contribution in [0.15, 0.2) is 29.4 Å². The Bertz CT molecular complexity index is 581. The summed E-state index contributed by atoms with van der Waals surface area (Å²) in [6.07, 6.45) is 0.349. The molecule has 0 saturated carbocycles. The SMILES string of the molecule is COC(=O)c1cccc(N2CC(CN=[N+]=[N-])CC2=O)c1. The van der Waals surface area contributed by atoms with Gasteiger partial charge in [0.25, 0.3) is 0 Å². The van der Waals surface area contributed by atoms with Crippen LogP contribution in [0.1, 0.15) is 16.8 Å². The first-order valence-corrected chi connectivity index (χ1v) is 6.15. The number of hydrogen-bond acceptors (Lipinski definition) is 4. The summed E-state index contributed by atoms with van der Waals surface area (Å²) in [5.74, 6) is -0.463. The van der Waals surface area contributed by atoms with Crippen LogP contribution >= 0.6 is 0 Å². The van der Waals surface area contributed by atoms with Crippen molar-refractivity contribution in [1.29, 1.82) is 0 Å². The van der Waals surface area contributed by atoms with Gasteiger partial charge in [-0.05, 0) is 29.6 Å². The molecule has 0 aromatic heterocycles. The monoisotopic (exact) mass is 274 g/mol. The number of benzene rings is 1. The van der Waals surface area contributed by atoms with E-state index in [0.717, 1.165) is 0 Å². The number of azide groups is 1. The minimum Gasteiger partial charge on any atom is -0.465 e. The Morgan fingerprint density at radius 3 is 3.10 bits per heavy atom. The van der Waals surface area contributed by atoms with E-state index in [9.17, 15) is 9.59 Å². The molecule has 1 amide bonds. The molecule has 1 fully saturated rings. The molecule has 7 nitrogen and oxygen atoms in total. The van der Waals surface area contributed by atoms with Crippen LogP contribution in [0, 0.1) is 5.92 Å². The summed E-state index contributed by atoms with van der Waals surface area (Å²) in [6, 6.07) is 6.73. The molecule has 1 unspecified atom stereocenters. The molecular formula is C13H14N4O3. The molecule has 0 aliphatic carbocycles. The van der Waals surface area contributed by atoms with E-state index in [-0.39, 0.29) is 11.8 Å². The quantitative estimate of drug-likeness (QED) is 0.364. The number of ether oxygens (including phenoxy) is 1. The molecular weight excluding hydrogens is 260 g/mol. The van der Waals surface area contributed by atoms with Crippen LogP contribution in [-0.2, 0) is 9.53 Å². The summed E-state index contributed by atoms with van der Waals surface area (Å²) in [5, 5.41) is 3.50.